The Morgan fingerprint density at radius 2 is 1.78 bits per heavy atom. The maximum atomic E-state index is 12.7. The number of nitrogens with one attached hydrogen (secondary N) is 2. The predicted molar refractivity (Wildman–Crippen MR) is 127 cm³/mol. The van der Waals surface area contributed by atoms with E-state index in [-0.39, 0.29) is 25.1 Å². The molecule has 0 spiro atoms. The second-order valence-electron chi connectivity index (χ2n) is 7.12. The van der Waals surface area contributed by atoms with E-state index >= 15 is 0 Å². The van der Waals surface area contributed by atoms with Crippen LogP contribution < -0.4 is 15.4 Å². The molecule has 1 unspecified atom stereocenters. The number of thiocarbonyl (C=S) groups is 1. The summed E-state index contributed by atoms with van der Waals surface area (Å²) >= 11 is 5.49. The first-order chi connectivity index (χ1) is 15.4. The van der Waals surface area contributed by atoms with Crippen LogP contribution >= 0.6 is 12.2 Å². The van der Waals surface area contributed by atoms with Crippen LogP contribution in [0.3, 0.4) is 0 Å². The number of hydrogen-bond donors (Lipinski definition) is 2. The molecule has 0 aliphatic carbocycles. The van der Waals surface area contributed by atoms with Gasteiger partial charge in [-0.3, -0.25) is 4.79 Å². The lowest BCUT2D eigenvalue weighted by molar-refractivity contribution is -0.139. The number of allylic oxidation sites excluding steroid dienone is 1. The van der Waals surface area contributed by atoms with Crippen molar-refractivity contribution in [3.63, 3.8) is 0 Å². The molecule has 1 amide bonds. The molecular weight excluding hydrogens is 426 g/mol. The van der Waals surface area contributed by atoms with Crippen LogP contribution in [-0.4, -0.2) is 41.6 Å². The van der Waals surface area contributed by atoms with Crippen LogP contribution in [0.25, 0.3) is 0 Å². The van der Waals surface area contributed by atoms with Crippen molar-refractivity contribution in [3.8, 4) is 5.75 Å². The monoisotopic (exact) mass is 453 g/mol. The van der Waals surface area contributed by atoms with E-state index in [9.17, 15) is 9.59 Å². The van der Waals surface area contributed by atoms with Crippen LogP contribution in [0.15, 0.2) is 65.9 Å². The van der Waals surface area contributed by atoms with Gasteiger partial charge in [0, 0.05) is 17.9 Å². The average molecular weight is 454 g/mol. The van der Waals surface area contributed by atoms with Gasteiger partial charge in [0.2, 0.25) is 0 Å². The lowest BCUT2D eigenvalue weighted by Crippen LogP contribution is -2.47. The average Bonchev–Trinajstić information content (AvgIpc) is 2.79. The molecule has 0 radical (unpaired) electrons. The van der Waals surface area contributed by atoms with E-state index in [1.165, 1.54) is 0 Å². The van der Waals surface area contributed by atoms with Crippen LogP contribution in [0, 0.1) is 0 Å². The standard InChI is InChI=1S/C24H27N3O4S/c1-4-27-16(3)21(23(29)30-5-2)22(26-24(27)32)17-11-13-18(14-12-17)25-20(28)15-31-19-9-7-6-8-10-19/h6-14,22H,4-5,15H2,1-3H3,(H,25,28)(H,26,32). The molecule has 0 saturated carbocycles. The quantitative estimate of drug-likeness (QED) is 0.465. The van der Waals surface area contributed by atoms with Crippen molar-refractivity contribution < 1.29 is 19.1 Å². The second-order valence-corrected chi connectivity index (χ2v) is 7.50. The highest BCUT2D eigenvalue weighted by atomic mass is 32.1. The number of rotatable bonds is 8. The fourth-order valence-corrected chi connectivity index (χ4v) is 3.89. The molecule has 0 bridgehead atoms. The van der Waals surface area contributed by atoms with E-state index in [4.69, 9.17) is 21.7 Å². The Bertz CT molecular complexity index is 1010. The van der Waals surface area contributed by atoms with E-state index in [0.29, 0.717) is 28.7 Å². The fourth-order valence-electron chi connectivity index (χ4n) is 3.51. The summed E-state index contributed by atoms with van der Waals surface area (Å²) < 4.78 is 10.8. The largest absolute Gasteiger partial charge is 0.484 e. The number of carbonyl (C=O) groups excluding carboxylic acids is 2. The first-order valence-electron chi connectivity index (χ1n) is 10.5. The molecule has 0 aromatic heterocycles. The lowest BCUT2D eigenvalue weighted by atomic mass is 9.95. The molecule has 3 rings (SSSR count). The van der Waals surface area contributed by atoms with Gasteiger partial charge in [0.05, 0.1) is 18.2 Å². The Labute approximate surface area is 193 Å². The molecular formula is C24H27N3O4S. The minimum atomic E-state index is -0.435. The zero-order chi connectivity index (χ0) is 23.1. The fraction of sp³-hybridized carbons (Fsp3) is 0.292. The third-order valence-corrected chi connectivity index (χ3v) is 5.39. The van der Waals surface area contributed by atoms with Crippen molar-refractivity contribution in [1.82, 2.24) is 10.2 Å². The molecule has 1 aliphatic rings. The molecule has 8 heteroatoms. The van der Waals surface area contributed by atoms with Gasteiger partial charge in [-0.15, -0.1) is 0 Å². The normalized spacial score (nSPS) is 15.8. The van der Waals surface area contributed by atoms with Crippen LogP contribution in [-0.2, 0) is 14.3 Å². The van der Waals surface area contributed by atoms with Crippen molar-refractivity contribution in [2.75, 3.05) is 25.1 Å². The minimum absolute atomic E-state index is 0.0913. The van der Waals surface area contributed by atoms with Gasteiger partial charge in [0.15, 0.2) is 11.7 Å². The Balaban J connectivity index is 1.73. The van der Waals surface area contributed by atoms with E-state index in [0.717, 1.165) is 11.3 Å². The second kappa shape index (κ2) is 10.8. The Hall–Kier alpha value is -3.39. The van der Waals surface area contributed by atoms with Gasteiger partial charge >= 0.3 is 5.97 Å². The molecule has 1 atom stereocenters. The van der Waals surface area contributed by atoms with Crippen LogP contribution in [0.1, 0.15) is 32.4 Å². The van der Waals surface area contributed by atoms with Crippen molar-refractivity contribution >= 4 is 34.9 Å². The maximum absolute atomic E-state index is 12.7. The number of hydrogen-bond acceptors (Lipinski definition) is 5. The Kier molecular flexibility index (Phi) is 7.83. The maximum Gasteiger partial charge on any atom is 0.338 e. The number of ether oxygens (including phenoxy) is 2. The van der Waals surface area contributed by atoms with E-state index in [1.807, 2.05) is 49.1 Å². The number of esters is 1. The molecule has 32 heavy (non-hydrogen) atoms. The topological polar surface area (TPSA) is 79.9 Å². The van der Waals surface area contributed by atoms with Gasteiger partial charge in [-0.25, -0.2) is 4.79 Å². The van der Waals surface area contributed by atoms with Gasteiger partial charge in [-0.1, -0.05) is 30.3 Å². The Morgan fingerprint density at radius 1 is 1.09 bits per heavy atom. The number of carbonyl (C=O) groups is 2. The number of anilines is 1. The summed E-state index contributed by atoms with van der Waals surface area (Å²) in [6.45, 7) is 6.46. The molecule has 0 saturated heterocycles. The zero-order valence-corrected chi connectivity index (χ0v) is 19.2. The summed E-state index contributed by atoms with van der Waals surface area (Å²) in [6, 6.07) is 16.0. The molecule has 0 fully saturated rings. The highest BCUT2D eigenvalue weighted by Crippen LogP contribution is 2.32. The summed E-state index contributed by atoms with van der Waals surface area (Å²) in [5.74, 6) is -0.00822. The van der Waals surface area contributed by atoms with Crippen LogP contribution in [0.5, 0.6) is 5.75 Å². The summed E-state index contributed by atoms with van der Waals surface area (Å²) in [6.07, 6.45) is 0. The molecule has 1 heterocycles. The molecule has 168 valence electrons. The van der Waals surface area contributed by atoms with Gasteiger partial charge in [-0.2, -0.15) is 0 Å². The number of para-hydroxylation sites is 1. The summed E-state index contributed by atoms with van der Waals surface area (Å²) in [4.78, 5) is 26.8. The van der Waals surface area contributed by atoms with Crippen molar-refractivity contribution in [3.05, 3.63) is 71.4 Å². The van der Waals surface area contributed by atoms with Gasteiger partial charge in [0.25, 0.3) is 5.91 Å². The van der Waals surface area contributed by atoms with Crippen molar-refractivity contribution in [2.24, 2.45) is 0 Å². The Morgan fingerprint density at radius 3 is 2.41 bits per heavy atom. The molecule has 2 aromatic carbocycles. The van der Waals surface area contributed by atoms with Crippen molar-refractivity contribution in [1.29, 1.82) is 0 Å². The first-order valence-corrected chi connectivity index (χ1v) is 10.9. The van der Waals surface area contributed by atoms with Crippen molar-refractivity contribution in [2.45, 2.75) is 26.8 Å². The number of amides is 1. The highest BCUT2D eigenvalue weighted by molar-refractivity contribution is 7.80. The lowest BCUT2D eigenvalue weighted by Gasteiger charge is -2.37. The number of nitrogens with zero attached hydrogens (tertiary/aromatic N) is 1. The number of benzene rings is 2. The van der Waals surface area contributed by atoms with E-state index in [2.05, 4.69) is 10.6 Å². The van der Waals surface area contributed by atoms with Gasteiger partial charge in [-0.05, 0) is 62.8 Å². The smallest absolute Gasteiger partial charge is 0.338 e. The summed E-state index contributed by atoms with van der Waals surface area (Å²) in [5.41, 5.74) is 2.76. The molecule has 1 aliphatic heterocycles. The third-order valence-electron chi connectivity index (χ3n) is 5.05. The summed E-state index contributed by atoms with van der Waals surface area (Å²) in [7, 11) is 0. The third kappa shape index (κ3) is 5.45. The SMILES string of the molecule is CCOC(=O)C1=C(C)N(CC)C(=S)NC1c1ccc(NC(=O)COc2ccccc2)cc1. The van der Waals surface area contributed by atoms with E-state index < -0.39 is 6.04 Å². The van der Waals surface area contributed by atoms with E-state index in [1.54, 1.807) is 31.2 Å². The molecule has 7 nitrogen and oxygen atoms in total. The zero-order valence-electron chi connectivity index (χ0n) is 18.4. The minimum Gasteiger partial charge on any atom is -0.484 e. The summed E-state index contributed by atoms with van der Waals surface area (Å²) in [5, 5.41) is 6.61. The molecule has 2 N–H and O–H groups in total. The van der Waals surface area contributed by atoms with Crippen LogP contribution in [0.4, 0.5) is 5.69 Å². The van der Waals surface area contributed by atoms with Gasteiger partial charge in [0.1, 0.15) is 5.75 Å². The highest BCUT2D eigenvalue weighted by Gasteiger charge is 2.34. The molecule has 2 aromatic rings. The van der Waals surface area contributed by atoms with Crippen LogP contribution in [0.2, 0.25) is 0 Å². The first kappa shape index (κ1) is 23.3. The predicted octanol–water partition coefficient (Wildman–Crippen LogP) is 3.79. The van der Waals surface area contributed by atoms with Gasteiger partial charge < -0.3 is 25.0 Å².